The lowest BCUT2D eigenvalue weighted by molar-refractivity contribution is 0.119. The standard InChI is InChI=1S/C17H26N6O/c1-14-4-6-15(7-5-14)16(22-10-8-21(2)9-11-22)17-18-19-20-23(17)12-13-24-3/h4-7,16H,8-13H2,1-3H3. The van der Waals surface area contributed by atoms with Crippen molar-refractivity contribution in [1.29, 1.82) is 0 Å². The summed E-state index contributed by atoms with van der Waals surface area (Å²) in [6.45, 7) is 7.50. The van der Waals surface area contributed by atoms with E-state index in [4.69, 9.17) is 4.74 Å². The molecule has 24 heavy (non-hydrogen) atoms. The maximum atomic E-state index is 5.19. The van der Waals surface area contributed by atoms with Crippen LogP contribution in [0.1, 0.15) is 23.0 Å². The summed E-state index contributed by atoms with van der Waals surface area (Å²) in [6.07, 6.45) is 0. The number of aryl methyl sites for hydroxylation is 1. The number of methoxy groups -OCH3 is 1. The van der Waals surface area contributed by atoms with Crippen LogP contribution < -0.4 is 0 Å². The van der Waals surface area contributed by atoms with Crippen molar-refractivity contribution in [2.24, 2.45) is 0 Å². The van der Waals surface area contributed by atoms with Crippen LogP contribution in [0.15, 0.2) is 24.3 Å². The molecule has 130 valence electrons. The summed E-state index contributed by atoms with van der Waals surface area (Å²) in [4.78, 5) is 4.83. The van der Waals surface area contributed by atoms with Crippen LogP contribution in [0.2, 0.25) is 0 Å². The number of rotatable bonds is 6. The van der Waals surface area contributed by atoms with Crippen LogP contribution in [0.4, 0.5) is 0 Å². The molecule has 0 N–H and O–H groups in total. The van der Waals surface area contributed by atoms with Crippen LogP contribution >= 0.6 is 0 Å². The fourth-order valence-electron chi connectivity index (χ4n) is 3.10. The molecule has 1 aromatic carbocycles. The Morgan fingerprint density at radius 3 is 2.50 bits per heavy atom. The Kier molecular flexibility index (Phi) is 5.55. The van der Waals surface area contributed by atoms with E-state index < -0.39 is 0 Å². The zero-order valence-corrected chi connectivity index (χ0v) is 14.7. The lowest BCUT2D eigenvalue weighted by atomic mass is 10.0. The van der Waals surface area contributed by atoms with Gasteiger partial charge in [0.15, 0.2) is 5.82 Å². The van der Waals surface area contributed by atoms with Gasteiger partial charge in [-0.15, -0.1) is 5.10 Å². The van der Waals surface area contributed by atoms with E-state index >= 15 is 0 Å². The maximum absolute atomic E-state index is 5.19. The third-order valence-corrected chi connectivity index (χ3v) is 4.61. The van der Waals surface area contributed by atoms with Crippen molar-refractivity contribution in [1.82, 2.24) is 30.0 Å². The van der Waals surface area contributed by atoms with Crippen molar-refractivity contribution in [2.75, 3.05) is 46.9 Å². The molecular formula is C17H26N6O. The number of benzene rings is 1. The van der Waals surface area contributed by atoms with Gasteiger partial charge in [0.2, 0.25) is 0 Å². The molecule has 1 aliphatic rings. The molecule has 1 unspecified atom stereocenters. The molecule has 1 aromatic heterocycles. The van der Waals surface area contributed by atoms with Crippen molar-refractivity contribution in [3.63, 3.8) is 0 Å². The molecule has 1 atom stereocenters. The quantitative estimate of drug-likeness (QED) is 0.786. The van der Waals surface area contributed by atoms with E-state index in [1.807, 2.05) is 4.68 Å². The van der Waals surface area contributed by atoms with Gasteiger partial charge in [-0.1, -0.05) is 29.8 Å². The van der Waals surface area contributed by atoms with E-state index in [2.05, 4.69) is 63.6 Å². The van der Waals surface area contributed by atoms with E-state index in [1.54, 1.807) is 7.11 Å². The smallest absolute Gasteiger partial charge is 0.173 e. The van der Waals surface area contributed by atoms with E-state index in [-0.39, 0.29) is 6.04 Å². The van der Waals surface area contributed by atoms with Gasteiger partial charge in [0, 0.05) is 33.3 Å². The molecule has 1 aliphatic heterocycles. The summed E-state index contributed by atoms with van der Waals surface area (Å²) in [5.74, 6) is 0.889. The first-order chi connectivity index (χ1) is 11.7. The monoisotopic (exact) mass is 330 g/mol. The highest BCUT2D eigenvalue weighted by Gasteiger charge is 2.29. The fourth-order valence-corrected chi connectivity index (χ4v) is 3.10. The summed E-state index contributed by atoms with van der Waals surface area (Å²) in [5.41, 5.74) is 2.49. The van der Waals surface area contributed by atoms with Crippen LogP contribution in [0.3, 0.4) is 0 Å². The SMILES string of the molecule is COCCn1nnnc1C(c1ccc(C)cc1)N1CCN(C)CC1. The summed E-state index contributed by atoms with van der Waals surface area (Å²) in [7, 11) is 3.86. The first-order valence-electron chi connectivity index (χ1n) is 8.43. The molecule has 0 bridgehead atoms. The number of tetrazole rings is 1. The van der Waals surface area contributed by atoms with Gasteiger partial charge in [-0.2, -0.15) is 0 Å². The molecular weight excluding hydrogens is 304 g/mol. The van der Waals surface area contributed by atoms with E-state index in [0.29, 0.717) is 13.2 Å². The van der Waals surface area contributed by atoms with Gasteiger partial charge in [-0.25, -0.2) is 4.68 Å². The largest absolute Gasteiger partial charge is 0.383 e. The molecule has 0 radical (unpaired) electrons. The molecule has 7 heteroatoms. The van der Waals surface area contributed by atoms with Crippen LogP contribution in [0.25, 0.3) is 0 Å². The highest BCUT2D eigenvalue weighted by Crippen LogP contribution is 2.28. The van der Waals surface area contributed by atoms with Crippen LogP contribution in [-0.2, 0) is 11.3 Å². The second-order valence-corrected chi connectivity index (χ2v) is 6.41. The summed E-state index contributed by atoms with van der Waals surface area (Å²) < 4.78 is 7.06. The maximum Gasteiger partial charge on any atom is 0.173 e. The van der Waals surface area contributed by atoms with Crippen molar-refractivity contribution < 1.29 is 4.74 Å². The molecule has 0 saturated carbocycles. The number of piperazine rings is 1. The Morgan fingerprint density at radius 1 is 1.12 bits per heavy atom. The van der Waals surface area contributed by atoms with Gasteiger partial charge >= 0.3 is 0 Å². The second kappa shape index (κ2) is 7.83. The normalized spacial score (nSPS) is 18.0. The Balaban J connectivity index is 1.92. The molecule has 1 fully saturated rings. The highest BCUT2D eigenvalue weighted by atomic mass is 16.5. The van der Waals surface area contributed by atoms with Crippen LogP contribution in [0, 0.1) is 6.92 Å². The minimum atomic E-state index is 0.0751. The predicted molar refractivity (Wildman–Crippen MR) is 91.8 cm³/mol. The number of likely N-dealkylation sites (N-methyl/N-ethyl adjacent to an activating group) is 1. The molecule has 7 nitrogen and oxygen atoms in total. The first kappa shape index (κ1) is 17.0. The van der Waals surface area contributed by atoms with Gasteiger partial charge in [0.05, 0.1) is 19.2 Å². The second-order valence-electron chi connectivity index (χ2n) is 6.41. The van der Waals surface area contributed by atoms with E-state index in [0.717, 1.165) is 32.0 Å². The topological polar surface area (TPSA) is 59.3 Å². The molecule has 2 aromatic rings. The average Bonchev–Trinajstić information content (AvgIpc) is 3.05. The Labute approximate surface area is 143 Å². The van der Waals surface area contributed by atoms with Gasteiger partial charge in [0.25, 0.3) is 0 Å². The lowest BCUT2D eigenvalue weighted by Gasteiger charge is -2.37. The summed E-state index contributed by atoms with van der Waals surface area (Å²) in [6, 6.07) is 8.76. The molecule has 1 saturated heterocycles. The Hall–Kier alpha value is -1.83. The lowest BCUT2D eigenvalue weighted by Crippen LogP contribution is -2.46. The van der Waals surface area contributed by atoms with Crippen molar-refractivity contribution in [3.05, 3.63) is 41.2 Å². The Morgan fingerprint density at radius 2 is 1.83 bits per heavy atom. The van der Waals surface area contributed by atoms with Crippen LogP contribution in [-0.4, -0.2) is 77.0 Å². The van der Waals surface area contributed by atoms with Gasteiger partial charge in [-0.05, 0) is 30.0 Å². The third kappa shape index (κ3) is 3.80. The number of hydrogen-bond acceptors (Lipinski definition) is 6. The van der Waals surface area contributed by atoms with Crippen LogP contribution in [0.5, 0.6) is 0 Å². The third-order valence-electron chi connectivity index (χ3n) is 4.61. The van der Waals surface area contributed by atoms with E-state index in [1.165, 1.54) is 11.1 Å². The van der Waals surface area contributed by atoms with Gasteiger partial charge in [0.1, 0.15) is 0 Å². The summed E-state index contributed by atoms with van der Waals surface area (Å²) in [5, 5.41) is 12.4. The van der Waals surface area contributed by atoms with Gasteiger partial charge < -0.3 is 9.64 Å². The minimum absolute atomic E-state index is 0.0751. The van der Waals surface area contributed by atoms with Crippen molar-refractivity contribution in [3.8, 4) is 0 Å². The molecule has 0 aliphatic carbocycles. The fraction of sp³-hybridized carbons (Fsp3) is 0.588. The number of ether oxygens (including phenoxy) is 1. The Bertz CT molecular complexity index is 633. The number of aromatic nitrogens is 4. The minimum Gasteiger partial charge on any atom is -0.383 e. The zero-order valence-electron chi connectivity index (χ0n) is 14.7. The average molecular weight is 330 g/mol. The summed E-state index contributed by atoms with van der Waals surface area (Å²) >= 11 is 0. The zero-order chi connectivity index (χ0) is 16.9. The van der Waals surface area contributed by atoms with E-state index in [9.17, 15) is 0 Å². The molecule has 0 amide bonds. The van der Waals surface area contributed by atoms with Crippen molar-refractivity contribution >= 4 is 0 Å². The first-order valence-corrected chi connectivity index (χ1v) is 8.43. The molecule has 0 spiro atoms. The van der Waals surface area contributed by atoms with Gasteiger partial charge in [-0.3, -0.25) is 4.90 Å². The molecule has 3 rings (SSSR count). The number of hydrogen-bond donors (Lipinski definition) is 0. The predicted octanol–water partition coefficient (Wildman–Crippen LogP) is 0.965. The molecule has 2 heterocycles. The number of nitrogens with zero attached hydrogens (tertiary/aromatic N) is 6. The van der Waals surface area contributed by atoms with Crippen molar-refractivity contribution in [2.45, 2.75) is 19.5 Å². The highest BCUT2D eigenvalue weighted by molar-refractivity contribution is 5.28.